The van der Waals surface area contributed by atoms with Crippen molar-refractivity contribution in [1.29, 1.82) is 0 Å². The summed E-state index contributed by atoms with van der Waals surface area (Å²) in [6, 6.07) is 0. The van der Waals surface area contributed by atoms with Gasteiger partial charge in [0.1, 0.15) is 18.2 Å². The lowest BCUT2D eigenvalue weighted by Crippen LogP contribution is -2.42. The molecule has 1 aliphatic heterocycles. The number of piperidine rings is 1. The summed E-state index contributed by atoms with van der Waals surface area (Å²) in [6.07, 6.45) is 10.9. The quantitative estimate of drug-likeness (QED) is 0.866. The van der Waals surface area contributed by atoms with Crippen molar-refractivity contribution in [3.63, 3.8) is 0 Å². The predicted molar refractivity (Wildman–Crippen MR) is 96.2 cm³/mol. The van der Waals surface area contributed by atoms with Crippen LogP contribution in [0, 0.1) is 5.92 Å². The van der Waals surface area contributed by atoms with Gasteiger partial charge in [0, 0.05) is 51.3 Å². The molecule has 0 aromatic carbocycles. The Morgan fingerprint density at radius 2 is 2.12 bits per heavy atom. The number of nitrogens with zero attached hydrogens (tertiary/aromatic N) is 5. The molecule has 134 valence electrons. The van der Waals surface area contributed by atoms with Crippen molar-refractivity contribution >= 4 is 11.7 Å². The summed E-state index contributed by atoms with van der Waals surface area (Å²) in [5, 5.41) is 3.10. The lowest BCUT2D eigenvalue weighted by molar-refractivity contribution is -0.133. The fraction of sp³-hybridized carbons (Fsp3) is 0.556. The highest BCUT2D eigenvalue weighted by atomic mass is 16.2. The van der Waals surface area contributed by atoms with Crippen LogP contribution in [0.5, 0.6) is 0 Å². The van der Waals surface area contributed by atoms with Gasteiger partial charge in [-0.3, -0.25) is 9.78 Å². The van der Waals surface area contributed by atoms with Crippen LogP contribution in [0.1, 0.15) is 31.3 Å². The van der Waals surface area contributed by atoms with Crippen LogP contribution in [0.2, 0.25) is 0 Å². The molecule has 0 radical (unpaired) electrons. The molecule has 0 bridgehead atoms. The van der Waals surface area contributed by atoms with Crippen LogP contribution in [0.4, 0.5) is 5.82 Å². The minimum Gasteiger partial charge on any atom is -0.372 e. The van der Waals surface area contributed by atoms with Gasteiger partial charge >= 0.3 is 0 Å². The number of likely N-dealkylation sites (tertiary alicyclic amines) is 1. The first-order valence-electron chi connectivity index (χ1n) is 8.96. The van der Waals surface area contributed by atoms with E-state index in [9.17, 15) is 4.79 Å². The molecule has 0 spiro atoms. The Bertz CT molecular complexity index is 713. The topological polar surface area (TPSA) is 75.9 Å². The molecule has 3 rings (SSSR count). The van der Waals surface area contributed by atoms with E-state index in [2.05, 4.69) is 27.2 Å². The first kappa shape index (κ1) is 17.4. The third-order valence-corrected chi connectivity index (χ3v) is 4.79. The van der Waals surface area contributed by atoms with Crippen molar-refractivity contribution in [1.82, 2.24) is 24.4 Å². The van der Waals surface area contributed by atoms with Gasteiger partial charge in [0.05, 0.1) is 5.69 Å². The van der Waals surface area contributed by atoms with E-state index in [0.717, 1.165) is 56.1 Å². The molecule has 1 fully saturated rings. The van der Waals surface area contributed by atoms with Crippen LogP contribution < -0.4 is 5.32 Å². The third kappa shape index (κ3) is 4.15. The van der Waals surface area contributed by atoms with E-state index in [4.69, 9.17) is 0 Å². The normalized spacial score (nSPS) is 17.5. The van der Waals surface area contributed by atoms with E-state index in [1.807, 2.05) is 22.7 Å². The van der Waals surface area contributed by atoms with Gasteiger partial charge in [0.25, 0.3) is 0 Å². The number of imidazole rings is 1. The molecular weight excluding hydrogens is 316 g/mol. The number of amides is 1. The van der Waals surface area contributed by atoms with Crippen molar-refractivity contribution in [3.05, 3.63) is 36.3 Å². The van der Waals surface area contributed by atoms with Gasteiger partial charge in [0.2, 0.25) is 5.91 Å². The number of nitrogens with one attached hydrogen (secondary N) is 1. The van der Waals surface area contributed by atoms with E-state index < -0.39 is 0 Å². The van der Waals surface area contributed by atoms with Crippen LogP contribution >= 0.6 is 0 Å². The number of carbonyl (C=O) groups excluding carboxylic acids is 1. The minimum absolute atomic E-state index is 0.172. The van der Waals surface area contributed by atoms with Crippen molar-refractivity contribution in [2.24, 2.45) is 5.92 Å². The molecule has 7 nitrogen and oxygen atoms in total. The molecule has 7 heteroatoms. The van der Waals surface area contributed by atoms with Crippen molar-refractivity contribution in [2.45, 2.75) is 39.2 Å². The summed E-state index contributed by atoms with van der Waals surface area (Å²) < 4.78 is 1.95. The Kier molecular flexibility index (Phi) is 5.63. The number of hydrogen-bond donors (Lipinski definition) is 1. The zero-order valence-corrected chi connectivity index (χ0v) is 15.0. The Labute approximate surface area is 148 Å². The highest BCUT2D eigenvalue weighted by molar-refractivity contribution is 5.76. The third-order valence-electron chi connectivity index (χ3n) is 4.79. The zero-order chi connectivity index (χ0) is 17.6. The maximum atomic E-state index is 12.7. The summed E-state index contributed by atoms with van der Waals surface area (Å²) in [7, 11) is 1.86. The lowest BCUT2D eigenvalue weighted by Gasteiger charge is -2.33. The molecule has 1 atom stereocenters. The van der Waals surface area contributed by atoms with Crippen LogP contribution in [0.25, 0.3) is 0 Å². The first-order valence-corrected chi connectivity index (χ1v) is 8.96. The van der Waals surface area contributed by atoms with Gasteiger partial charge in [-0.25, -0.2) is 9.97 Å². The lowest BCUT2D eigenvalue weighted by atomic mass is 9.93. The Balaban J connectivity index is 1.61. The van der Waals surface area contributed by atoms with E-state index in [1.54, 1.807) is 18.6 Å². The van der Waals surface area contributed by atoms with E-state index >= 15 is 0 Å². The number of anilines is 1. The monoisotopic (exact) mass is 342 g/mol. The summed E-state index contributed by atoms with van der Waals surface area (Å²) in [5.41, 5.74) is 0.979. The fourth-order valence-corrected chi connectivity index (χ4v) is 3.50. The van der Waals surface area contributed by atoms with Crippen molar-refractivity contribution < 1.29 is 4.79 Å². The predicted octanol–water partition coefficient (Wildman–Crippen LogP) is 1.76. The van der Waals surface area contributed by atoms with Gasteiger partial charge in [0.15, 0.2) is 0 Å². The summed E-state index contributed by atoms with van der Waals surface area (Å²) >= 11 is 0. The SMILES string of the molecule is CCc1nccn1CC(=O)N1CCC[C@H](Cc2nccnc2NC)C1. The van der Waals surface area contributed by atoms with Crippen molar-refractivity contribution in [2.75, 3.05) is 25.5 Å². The zero-order valence-electron chi connectivity index (χ0n) is 15.0. The molecule has 2 aromatic rings. The highest BCUT2D eigenvalue weighted by Crippen LogP contribution is 2.22. The van der Waals surface area contributed by atoms with Crippen molar-refractivity contribution in [3.8, 4) is 0 Å². The highest BCUT2D eigenvalue weighted by Gasteiger charge is 2.25. The molecule has 0 saturated carbocycles. The molecule has 1 aliphatic rings. The van der Waals surface area contributed by atoms with Crippen LogP contribution in [0.3, 0.4) is 0 Å². The molecular formula is C18H26N6O. The maximum absolute atomic E-state index is 12.7. The van der Waals surface area contributed by atoms with Gasteiger partial charge in [-0.15, -0.1) is 0 Å². The Morgan fingerprint density at radius 1 is 1.28 bits per heavy atom. The Hall–Kier alpha value is -2.44. The summed E-state index contributed by atoms with van der Waals surface area (Å²) in [6.45, 7) is 4.06. The van der Waals surface area contributed by atoms with Gasteiger partial charge < -0.3 is 14.8 Å². The molecule has 0 unspecified atom stereocenters. The second-order valence-corrected chi connectivity index (χ2v) is 6.48. The van der Waals surface area contributed by atoms with Gasteiger partial charge in [-0.1, -0.05) is 6.92 Å². The maximum Gasteiger partial charge on any atom is 0.242 e. The van der Waals surface area contributed by atoms with Crippen LogP contribution in [0.15, 0.2) is 24.8 Å². The Morgan fingerprint density at radius 3 is 2.92 bits per heavy atom. The molecule has 25 heavy (non-hydrogen) atoms. The van der Waals surface area contributed by atoms with Crippen LogP contribution in [-0.4, -0.2) is 50.5 Å². The van der Waals surface area contributed by atoms with Gasteiger partial charge in [-0.05, 0) is 25.2 Å². The fourth-order valence-electron chi connectivity index (χ4n) is 3.50. The largest absolute Gasteiger partial charge is 0.372 e. The molecule has 0 aliphatic carbocycles. The number of hydrogen-bond acceptors (Lipinski definition) is 5. The minimum atomic E-state index is 0.172. The van der Waals surface area contributed by atoms with E-state index in [-0.39, 0.29) is 5.91 Å². The average molecular weight is 342 g/mol. The number of aromatic nitrogens is 4. The number of rotatable bonds is 6. The average Bonchev–Trinajstić information content (AvgIpc) is 3.09. The summed E-state index contributed by atoms with van der Waals surface area (Å²) in [5.74, 6) is 2.39. The standard InChI is InChI=1S/C18H26N6O/c1-3-16-21-8-10-23(16)13-17(25)24-9-4-5-14(12-24)11-15-18(19-2)22-7-6-20-15/h6-8,10,14H,3-5,9,11-13H2,1-2H3,(H,19,22)/t14-/m1/s1. The summed E-state index contributed by atoms with van der Waals surface area (Å²) in [4.78, 5) is 27.8. The molecule has 1 amide bonds. The van der Waals surface area contributed by atoms with Gasteiger partial charge in [-0.2, -0.15) is 0 Å². The smallest absolute Gasteiger partial charge is 0.242 e. The molecule has 3 heterocycles. The number of aryl methyl sites for hydroxylation is 1. The van der Waals surface area contributed by atoms with Crippen LogP contribution in [-0.2, 0) is 24.2 Å². The number of carbonyl (C=O) groups is 1. The molecule has 1 N–H and O–H groups in total. The first-order chi connectivity index (χ1) is 12.2. The molecule has 2 aromatic heterocycles. The van der Waals surface area contributed by atoms with E-state index in [0.29, 0.717) is 12.5 Å². The molecule has 1 saturated heterocycles. The second-order valence-electron chi connectivity index (χ2n) is 6.48. The van der Waals surface area contributed by atoms with E-state index in [1.165, 1.54) is 0 Å². The second kappa shape index (κ2) is 8.09.